The van der Waals surface area contributed by atoms with Crippen molar-refractivity contribution in [2.24, 2.45) is 11.8 Å². The van der Waals surface area contributed by atoms with Gasteiger partial charge in [-0.2, -0.15) is 0 Å². The largest absolute Gasteiger partial charge is 0.325 e. The van der Waals surface area contributed by atoms with Crippen LogP contribution in [0.5, 0.6) is 0 Å². The molecule has 0 spiro atoms. The van der Waals surface area contributed by atoms with E-state index in [4.69, 9.17) is 0 Å². The van der Waals surface area contributed by atoms with Gasteiger partial charge in [-0.3, -0.25) is 9.69 Å². The topological polar surface area (TPSA) is 32.3 Å². The fourth-order valence-corrected chi connectivity index (χ4v) is 2.96. The van der Waals surface area contributed by atoms with Gasteiger partial charge < -0.3 is 5.32 Å². The summed E-state index contributed by atoms with van der Waals surface area (Å²) >= 11 is 0. The van der Waals surface area contributed by atoms with E-state index >= 15 is 0 Å². The molecule has 0 saturated carbocycles. The first kappa shape index (κ1) is 14.1. The molecule has 1 saturated heterocycles. The Morgan fingerprint density at radius 3 is 2.37 bits per heavy atom. The Labute approximate surface area is 116 Å². The lowest BCUT2D eigenvalue weighted by Crippen LogP contribution is -2.42. The van der Waals surface area contributed by atoms with Gasteiger partial charge in [-0.25, -0.2) is 0 Å². The van der Waals surface area contributed by atoms with Crippen LogP contribution in [-0.2, 0) is 4.79 Å². The fraction of sp³-hybridized carbons (Fsp3) is 0.562. The van der Waals surface area contributed by atoms with Crippen LogP contribution in [0.4, 0.5) is 5.69 Å². The minimum atomic E-state index is 0.0881. The lowest BCUT2D eigenvalue weighted by Gasteiger charge is -2.34. The van der Waals surface area contributed by atoms with E-state index in [0.29, 0.717) is 18.4 Å². The van der Waals surface area contributed by atoms with Crippen LogP contribution < -0.4 is 5.32 Å². The average molecular weight is 260 g/mol. The average Bonchev–Trinajstić information content (AvgIpc) is 2.30. The van der Waals surface area contributed by atoms with Crippen molar-refractivity contribution in [2.45, 2.75) is 27.2 Å². The Morgan fingerprint density at radius 1 is 1.21 bits per heavy atom. The second-order valence-electron chi connectivity index (χ2n) is 6.05. The highest BCUT2D eigenvalue weighted by molar-refractivity contribution is 5.92. The molecule has 3 nitrogen and oxygen atoms in total. The number of benzene rings is 1. The standard InChI is InChI=1S/C16H24N2O/c1-12-4-6-15(7-5-12)17-16(19)11-18-9-13(2)8-14(3)10-18/h4-7,13-14H,8-11H2,1-3H3,(H,17,19)/t13-,14-/m0/s1. The first-order valence-electron chi connectivity index (χ1n) is 7.12. The van der Waals surface area contributed by atoms with Crippen LogP contribution in [0.3, 0.4) is 0 Å². The van der Waals surface area contributed by atoms with Gasteiger partial charge in [-0.1, -0.05) is 31.5 Å². The number of amides is 1. The van der Waals surface area contributed by atoms with E-state index in [1.54, 1.807) is 0 Å². The Bertz CT molecular complexity index is 417. The van der Waals surface area contributed by atoms with E-state index in [9.17, 15) is 4.79 Å². The summed E-state index contributed by atoms with van der Waals surface area (Å²) in [6, 6.07) is 7.94. The number of hydrogen-bond donors (Lipinski definition) is 1. The number of aryl methyl sites for hydroxylation is 1. The molecule has 1 heterocycles. The first-order chi connectivity index (χ1) is 9.02. The van der Waals surface area contributed by atoms with Crippen LogP contribution in [0.15, 0.2) is 24.3 Å². The van der Waals surface area contributed by atoms with Crippen molar-refractivity contribution in [3.8, 4) is 0 Å². The molecule has 1 aliphatic heterocycles. The van der Waals surface area contributed by atoms with Crippen LogP contribution in [0.25, 0.3) is 0 Å². The summed E-state index contributed by atoms with van der Waals surface area (Å²) < 4.78 is 0. The summed E-state index contributed by atoms with van der Waals surface area (Å²) in [6.45, 7) is 9.14. The van der Waals surface area contributed by atoms with Gasteiger partial charge in [0.1, 0.15) is 0 Å². The van der Waals surface area contributed by atoms with E-state index in [0.717, 1.165) is 18.8 Å². The van der Waals surface area contributed by atoms with Crippen molar-refractivity contribution in [1.29, 1.82) is 0 Å². The van der Waals surface area contributed by atoms with E-state index in [1.807, 2.05) is 31.2 Å². The molecule has 1 amide bonds. The molecular weight excluding hydrogens is 236 g/mol. The molecule has 1 aromatic carbocycles. The highest BCUT2D eigenvalue weighted by Gasteiger charge is 2.23. The summed E-state index contributed by atoms with van der Waals surface area (Å²) in [5, 5.41) is 2.97. The first-order valence-corrected chi connectivity index (χ1v) is 7.12. The zero-order valence-electron chi connectivity index (χ0n) is 12.1. The minimum absolute atomic E-state index is 0.0881. The second-order valence-corrected chi connectivity index (χ2v) is 6.05. The number of nitrogens with one attached hydrogen (secondary N) is 1. The third-order valence-corrected chi connectivity index (χ3v) is 3.65. The van der Waals surface area contributed by atoms with Gasteiger partial charge >= 0.3 is 0 Å². The molecule has 2 atom stereocenters. The van der Waals surface area contributed by atoms with Crippen molar-refractivity contribution in [3.05, 3.63) is 29.8 Å². The maximum atomic E-state index is 12.0. The number of carbonyl (C=O) groups excluding carboxylic acids is 1. The Hall–Kier alpha value is -1.35. The summed E-state index contributed by atoms with van der Waals surface area (Å²) in [6.07, 6.45) is 1.27. The number of rotatable bonds is 3. The molecule has 2 rings (SSSR count). The van der Waals surface area contributed by atoms with Gasteiger partial charge in [-0.05, 0) is 37.3 Å². The molecule has 1 aliphatic rings. The Balaban J connectivity index is 1.85. The van der Waals surface area contributed by atoms with Crippen LogP contribution in [0.2, 0.25) is 0 Å². The van der Waals surface area contributed by atoms with Crippen LogP contribution in [0.1, 0.15) is 25.8 Å². The smallest absolute Gasteiger partial charge is 0.238 e. The molecule has 1 N–H and O–H groups in total. The van der Waals surface area contributed by atoms with Crippen LogP contribution >= 0.6 is 0 Å². The summed E-state index contributed by atoms with van der Waals surface area (Å²) in [4.78, 5) is 14.3. The number of hydrogen-bond acceptors (Lipinski definition) is 2. The van der Waals surface area contributed by atoms with Crippen LogP contribution in [0, 0.1) is 18.8 Å². The number of nitrogens with zero attached hydrogens (tertiary/aromatic N) is 1. The number of piperidine rings is 1. The van der Waals surface area contributed by atoms with Crippen molar-refractivity contribution >= 4 is 11.6 Å². The lowest BCUT2D eigenvalue weighted by molar-refractivity contribution is -0.117. The molecule has 19 heavy (non-hydrogen) atoms. The molecule has 0 aliphatic carbocycles. The van der Waals surface area contributed by atoms with Crippen molar-refractivity contribution in [2.75, 3.05) is 25.0 Å². The van der Waals surface area contributed by atoms with E-state index < -0.39 is 0 Å². The summed E-state index contributed by atoms with van der Waals surface area (Å²) in [7, 11) is 0. The summed E-state index contributed by atoms with van der Waals surface area (Å²) in [5.41, 5.74) is 2.09. The zero-order valence-corrected chi connectivity index (χ0v) is 12.1. The quantitative estimate of drug-likeness (QED) is 0.906. The second kappa shape index (κ2) is 6.20. The normalized spacial score (nSPS) is 24.2. The maximum absolute atomic E-state index is 12.0. The monoisotopic (exact) mass is 260 g/mol. The highest BCUT2D eigenvalue weighted by atomic mass is 16.2. The van der Waals surface area contributed by atoms with Gasteiger partial charge in [0.15, 0.2) is 0 Å². The van der Waals surface area contributed by atoms with Crippen molar-refractivity contribution in [3.63, 3.8) is 0 Å². The molecule has 0 bridgehead atoms. The molecule has 0 radical (unpaired) electrons. The lowest BCUT2D eigenvalue weighted by atomic mass is 9.92. The van der Waals surface area contributed by atoms with E-state index in [1.165, 1.54) is 12.0 Å². The predicted molar refractivity (Wildman–Crippen MR) is 79.2 cm³/mol. The Morgan fingerprint density at radius 2 is 1.79 bits per heavy atom. The van der Waals surface area contributed by atoms with Gasteiger partial charge in [0.05, 0.1) is 6.54 Å². The van der Waals surface area contributed by atoms with Gasteiger partial charge in [0.25, 0.3) is 0 Å². The van der Waals surface area contributed by atoms with Gasteiger partial charge in [0, 0.05) is 18.8 Å². The number of anilines is 1. The predicted octanol–water partition coefficient (Wildman–Crippen LogP) is 2.91. The molecule has 1 aromatic rings. The minimum Gasteiger partial charge on any atom is -0.325 e. The molecule has 104 valence electrons. The summed E-state index contributed by atoms with van der Waals surface area (Å²) in [5.74, 6) is 1.47. The third-order valence-electron chi connectivity index (χ3n) is 3.65. The maximum Gasteiger partial charge on any atom is 0.238 e. The molecule has 3 heteroatoms. The Kier molecular flexibility index (Phi) is 4.59. The SMILES string of the molecule is Cc1ccc(NC(=O)CN2C[C@@H](C)C[C@H](C)C2)cc1. The van der Waals surface area contributed by atoms with Gasteiger partial charge in [-0.15, -0.1) is 0 Å². The molecule has 1 fully saturated rings. The van der Waals surface area contributed by atoms with Crippen molar-refractivity contribution < 1.29 is 4.79 Å². The highest BCUT2D eigenvalue weighted by Crippen LogP contribution is 2.20. The van der Waals surface area contributed by atoms with Crippen molar-refractivity contribution in [1.82, 2.24) is 4.90 Å². The van der Waals surface area contributed by atoms with E-state index in [-0.39, 0.29) is 5.91 Å². The van der Waals surface area contributed by atoms with E-state index in [2.05, 4.69) is 24.1 Å². The fourth-order valence-electron chi connectivity index (χ4n) is 2.96. The van der Waals surface area contributed by atoms with Gasteiger partial charge in [0.2, 0.25) is 5.91 Å². The number of likely N-dealkylation sites (tertiary alicyclic amines) is 1. The zero-order chi connectivity index (χ0) is 13.8. The van der Waals surface area contributed by atoms with Crippen LogP contribution in [-0.4, -0.2) is 30.4 Å². The molecule has 0 aromatic heterocycles. The number of carbonyl (C=O) groups is 1. The molecule has 0 unspecified atom stereocenters. The third kappa shape index (κ3) is 4.35. The molecular formula is C16H24N2O.